The molecule has 0 aliphatic heterocycles. The van der Waals surface area contributed by atoms with E-state index in [9.17, 15) is 24.7 Å². The number of aromatic hydroxyl groups is 2. The molecule has 1 aromatic heterocycles. The van der Waals surface area contributed by atoms with Crippen LogP contribution in [0.25, 0.3) is 22.8 Å². The summed E-state index contributed by atoms with van der Waals surface area (Å²) in [5.41, 5.74) is -0.279. The highest BCUT2D eigenvalue weighted by molar-refractivity contribution is 5.69. The maximum Gasteiger partial charge on any atom is 0.315 e. The first kappa shape index (κ1) is 16.2. The fourth-order valence-electron chi connectivity index (χ4n) is 2.12. The summed E-state index contributed by atoms with van der Waals surface area (Å²) >= 11 is 0. The topological polar surface area (TPSA) is 132 Å². The molecule has 0 spiro atoms. The van der Waals surface area contributed by atoms with Crippen LogP contribution in [0.1, 0.15) is 0 Å². The van der Waals surface area contributed by atoms with Crippen molar-refractivity contribution in [2.24, 2.45) is 0 Å². The minimum atomic E-state index is -0.864. The molecule has 0 aliphatic rings. The van der Waals surface area contributed by atoms with E-state index in [4.69, 9.17) is 9.26 Å². The zero-order valence-electron chi connectivity index (χ0n) is 12.6. The first-order chi connectivity index (χ1) is 11.9. The summed E-state index contributed by atoms with van der Waals surface area (Å²) in [4.78, 5) is 14.1. The van der Waals surface area contributed by atoms with Crippen LogP contribution in [0.3, 0.4) is 0 Å². The predicted octanol–water partition coefficient (Wildman–Crippen LogP) is 2.87. The lowest BCUT2D eigenvalue weighted by molar-refractivity contribution is -0.385. The lowest BCUT2D eigenvalue weighted by atomic mass is 10.1. The highest BCUT2D eigenvalue weighted by Crippen LogP contribution is 2.39. The lowest BCUT2D eigenvalue weighted by Crippen LogP contribution is -1.91. The van der Waals surface area contributed by atoms with E-state index in [0.717, 1.165) is 12.1 Å². The third kappa shape index (κ3) is 2.92. The highest BCUT2D eigenvalue weighted by atomic mass is 19.1. The van der Waals surface area contributed by atoms with Crippen molar-refractivity contribution in [1.82, 2.24) is 10.1 Å². The molecule has 0 saturated heterocycles. The van der Waals surface area contributed by atoms with E-state index in [2.05, 4.69) is 10.1 Å². The Morgan fingerprint density at radius 3 is 2.68 bits per heavy atom. The summed E-state index contributed by atoms with van der Waals surface area (Å²) in [5, 5.41) is 33.7. The quantitative estimate of drug-likeness (QED) is 0.418. The van der Waals surface area contributed by atoms with Gasteiger partial charge in [-0.25, -0.2) is 4.39 Å². The smallest absolute Gasteiger partial charge is 0.315 e. The third-order valence-electron chi connectivity index (χ3n) is 3.35. The second-order valence-electron chi connectivity index (χ2n) is 4.89. The largest absolute Gasteiger partial charge is 0.504 e. The number of rotatable bonds is 4. The molecule has 2 N–H and O–H groups in total. The first-order valence-electron chi connectivity index (χ1n) is 6.79. The molecule has 2 aromatic carbocycles. The molecule has 3 aromatic rings. The molecule has 1 heterocycles. The number of nitro groups is 1. The van der Waals surface area contributed by atoms with Crippen molar-refractivity contribution >= 4 is 5.69 Å². The number of phenolic OH excluding ortho intramolecular Hbond substituents is 2. The molecule has 25 heavy (non-hydrogen) atoms. The molecule has 0 unspecified atom stereocenters. The van der Waals surface area contributed by atoms with Crippen molar-refractivity contribution < 1.29 is 28.8 Å². The van der Waals surface area contributed by atoms with E-state index >= 15 is 0 Å². The van der Waals surface area contributed by atoms with Crippen LogP contribution in [0.4, 0.5) is 10.1 Å². The summed E-state index contributed by atoms with van der Waals surface area (Å²) in [5.74, 6) is -2.18. The molecule has 0 saturated carbocycles. The standard InChI is InChI=1S/C15H10FN3O6/c1-24-12-6-7(2-3-9(12)16)14-17-15(25-18-14)8-4-10(19(22)23)13(21)11(20)5-8/h2-6,20-21H,1H3. The molecule has 10 heteroatoms. The van der Waals surface area contributed by atoms with Crippen LogP contribution in [0.5, 0.6) is 17.2 Å². The predicted molar refractivity (Wildman–Crippen MR) is 81.7 cm³/mol. The van der Waals surface area contributed by atoms with Gasteiger partial charge in [-0.2, -0.15) is 4.98 Å². The van der Waals surface area contributed by atoms with Crippen LogP contribution in [-0.4, -0.2) is 32.4 Å². The second kappa shape index (κ2) is 6.07. The molecule has 128 valence electrons. The Balaban J connectivity index is 2.04. The summed E-state index contributed by atoms with van der Waals surface area (Å²) in [6.07, 6.45) is 0. The normalized spacial score (nSPS) is 10.6. The van der Waals surface area contributed by atoms with Crippen molar-refractivity contribution in [3.05, 3.63) is 46.3 Å². The van der Waals surface area contributed by atoms with Crippen molar-refractivity contribution in [2.75, 3.05) is 7.11 Å². The average molecular weight is 347 g/mol. The number of aromatic nitrogens is 2. The molecule has 0 atom stereocenters. The number of halogens is 1. The molecule has 9 nitrogen and oxygen atoms in total. The van der Waals surface area contributed by atoms with Crippen molar-refractivity contribution in [1.29, 1.82) is 0 Å². The van der Waals surface area contributed by atoms with Crippen LogP contribution < -0.4 is 4.74 Å². The maximum absolute atomic E-state index is 13.5. The Labute approximate surface area is 139 Å². The number of ether oxygens (including phenoxy) is 1. The van der Waals surface area contributed by atoms with E-state index in [0.29, 0.717) is 5.56 Å². The van der Waals surface area contributed by atoms with Gasteiger partial charge in [-0.05, 0) is 24.3 Å². The minimum Gasteiger partial charge on any atom is -0.504 e. The minimum absolute atomic E-state index is 0.0123. The lowest BCUT2D eigenvalue weighted by Gasteiger charge is -2.02. The maximum atomic E-state index is 13.5. The van der Waals surface area contributed by atoms with Crippen molar-refractivity contribution in [3.8, 4) is 40.1 Å². The fraction of sp³-hybridized carbons (Fsp3) is 0.0667. The van der Waals surface area contributed by atoms with Crippen molar-refractivity contribution in [2.45, 2.75) is 0 Å². The molecule has 0 radical (unpaired) electrons. The molecule has 0 fully saturated rings. The highest BCUT2D eigenvalue weighted by Gasteiger charge is 2.22. The summed E-state index contributed by atoms with van der Waals surface area (Å²) in [6.45, 7) is 0. The van der Waals surface area contributed by atoms with Gasteiger partial charge in [0.1, 0.15) is 0 Å². The van der Waals surface area contributed by atoms with E-state index in [1.807, 2.05) is 0 Å². The number of nitro benzene ring substituents is 1. The van der Waals surface area contributed by atoms with Gasteiger partial charge in [0.05, 0.1) is 17.6 Å². The van der Waals surface area contributed by atoms with Gasteiger partial charge in [0.15, 0.2) is 17.3 Å². The summed E-state index contributed by atoms with van der Waals surface area (Å²) in [6, 6.07) is 5.97. The number of hydrogen-bond donors (Lipinski definition) is 2. The van der Waals surface area contributed by atoms with E-state index in [1.54, 1.807) is 0 Å². The van der Waals surface area contributed by atoms with Gasteiger partial charge in [-0.3, -0.25) is 10.1 Å². The monoisotopic (exact) mass is 347 g/mol. The zero-order valence-corrected chi connectivity index (χ0v) is 12.6. The molecular formula is C15H10FN3O6. The molecular weight excluding hydrogens is 337 g/mol. The second-order valence-corrected chi connectivity index (χ2v) is 4.89. The number of benzene rings is 2. The van der Waals surface area contributed by atoms with E-state index in [-0.39, 0.29) is 23.0 Å². The molecule has 0 amide bonds. The Morgan fingerprint density at radius 2 is 2.00 bits per heavy atom. The third-order valence-corrected chi connectivity index (χ3v) is 3.35. The van der Waals surface area contributed by atoms with Crippen LogP contribution in [-0.2, 0) is 0 Å². The zero-order chi connectivity index (χ0) is 18.1. The SMILES string of the molecule is COc1cc(-c2noc(-c3cc(O)c(O)c([N+](=O)[O-])c3)n2)ccc1F. The van der Waals surface area contributed by atoms with Gasteiger partial charge in [-0.15, -0.1) is 0 Å². The Morgan fingerprint density at radius 1 is 1.24 bits per heavy atom. The van der Waals surface area contributed by atoms with E-state index < -0.39 is 27.9 Å². The van der Waals surface area contributed by atoms with Gasteiger partial charge >= 0.3 is 5.69 Å². The number of hydrogen-bond acceptors (Lipinski definition) is 8. The Kier molecular flexibility index (Phi) is 3.93. The molecule has 0 bridgehead atoms. The van der Waals surface area contributed by atoms with Crippen LogP contribution in [0.2, 0.25) is 0 Å². The van der Waals surface area contributed by atoms with Crippen LogP contribution in [0, 0.1) is 15.9 Å². The van der Waals surface area contributed by atoms with Crippen LogP contribution >= 0.6 is 0 Å². The van der Waals surface area contributed by atoms with Gasteiger partial charge in [-0.1, -0.05) is 5.16 Å². The average Bonchev–Trinajstić information content (AvgIpc) is 3.07. The Hall–Kier alpha value is -3.69. The number of phenols is 2. The summed E-state index contributed by atoms with van der Waals surface area (Å²) in [7, 11) is 1.31. The number of nitrogens with zero attached hydrogens (tertiary/aromatic N) is 3. The molecule has 0 aliphatic carbocycles. The molecule has 3 rings (SSSR count). The van der Waals surface area contributed by atoms with Gasteiger partial charge < -0.3 is 19.5 Å². The van der Waals surface area contributed by atoms with Gasteiger partial charge in [0, 0.05) is 11.6 Å². The van der Waals surface area contributed by atoms with E-state index in [1.165, 1.54) is 25.3 Å². The van der Waals surface area contributed by atoms with Crippen LogP contribution in [0.15, 0.2) is 34.9 Å². The van der Waals surface area contributed by atoms with Crippen molar-refractivity contribution in [3.63, 3.8) is 0 Å². The number of methoxy groups -OCH3 is 1. The van der Waals surface area contributed by atoms with Gasteiger partial charge in [0.2, 0.25) is 11.6 Å². The van der Waals surface area contributed by atoms with Gasteiger partial charge in [0.25, 0.3) is 5.89 Å². The Bertz CT molecular complexity index is 972. The fourth-order valence-corrected chi connectivity index (χ4v) is 2.12. The summed E-state index contributed by atoms with van der Waals surface area (Å²) < 4.78 is 23.4. The first-order valence-corrected chi connectivity index (χ1v) is 6.79.